The maximum atomic E-state index is 11.5. The fourth-order valence-corrected chi connectivity index (χ4v) is 2.36. The lowest BCUT2D eigenvalue weighted by Crippen LogP contribution is -2.02. The standard InChI is InChI=1S/C14H16N2O3S/c1-10-6-14(11(8-15)9-16-10)19-12-4-3-5-13(7-12)20(2,17)18/h3-7,9H,8,15H2,1-2H3. The number of ether oxygens (including phenoxy) is 1. The van der Waals surface area contributed by atoms with Crippen LogP contribution in [0.25, 0.3) is 0 Å². The molecule has 2 aromatic rings. The summed E-state index contributed by atoms with van der Waals surface area (Å²) in [7, 11) is -3.26. The van der Waals surface area contributed by atoms with Gasteiger partial charge in [-0.15, -0.1) is 0 Å². The molecule has 0 unspecified atom stereocenters. The van der Waals surface area contributed by atoms with Gasteiger partial charge in [0.1, 0.15) is 11.5 Å². The van der Waals surface area contributed by atoms with Crippen molar-refractivity contribution in [3.8, 4) is 11.5 Å². The number of rotatable bonds is 4. The molecule has 6 heteroatoms. The maximum Gasteiger partial charge on any atom is 0.175 e. The molecule has 0 bridgehead atoms. The van der Waals surface area contributed by atoms with E-state index < -0.39 is 9.84 Å². The van der Waals surface area contributed by atoms with Crippen molar-refractivity contribution in [1.29, 1.82) is 0 Å². The molecule has 1 heterocycles. The number of hydrogen-bond donors (Lipinski definition) is 1. The van der Waals surface area contributed by atoms with Crippen LogP contribution in [-0.4, -0.2) is 19.7 Å². The van der Waals surface area contributed by atoms with E-state index in [2.05, 4.69) is 4.98 Å². The number of benzene rings is 1. The van der Waals surface area contributed by atoms with E-state index in [1.54, 1.807) is 24.4 Å². The van der Waals surface area contributed by atoms with E-state index in [0.29, 0.717) is 18.0 Å². The largest absolute Gasteiger partial charge is 0.457 e. The Morgan fingerprint density at radius 3 is 2.70 bits per heavy atom. The number of aromatic nitrogens is 1. The van der Waals surface area contributed by atoms with Crippen LogP contribution in [0.1, 0.15) is 11.3 Å². The summed E-state index contributed by atoms with van der Waals surface area (Å²) in [6.45, 7) is 2.15. The fraction of sp³-hybridized carbons (Fsp3) is 0.214. The number of pyridine rings is 1. The zero-order chi connectivity index (χ0) is 14.8. The van der Waals surface area contributed by atoms with E-state index in [9.17, 15) is 8.42 Å². The Balaban J connectivity index is 2.38. The predicted octanol–water partition coefficient (Wildman–Crippen LogP) is 2.04. The molecule has 20 heavy (non-hydrogen) atoms. The van der Waals surface area contributed by atoms with Gasteiger partial charge in [-0.3, -0.25) is 4.98 Å². The van der Waals surface area contributed by atoms with E-state index in [-0.39, 0.29) is 4.90 Å². The lowest BCUT2D eigenvalue weighted by Gasteiger charge is -2.11. The highest BCUT2D eigenvalue weighted by atomic mass is 32.2. The smallest absolute Gasteiger partial charge is 0.175 e. The summed E-state index contributed by atoms with van der Waals surface area (Å²) >= 11 is 0. The Labute approximate surface area is 118 Å². The van der Waals surface area contributed by atoms with Crippen molar-refractivity contribution in [2.75, 3.05) is 6.26 Å². The van der Waals surface area contributed by atoms with Gasteiger partial charge in [-0.1, -0.05) is 6.07 Å². The third-order valence-electron chi connectivity index (χ3n) is 2.76. The van der Waals surface area contributed by atoms with Crippen molar-refractivity contribution in [2.45, 2.75) is 18.4 Å². The number of sulfone groups is 1. The first-order valence-corrected chi connectivity index (χ1v) is 7.93. The molecular weight excluding hydrogens is 276 g/mol. The summed E-state index contributed by atoms with van der Waals surface area (Å²) in [4.78, 5) is 4.37. The molecular formula is C14H16N2O3S. The molecule has 0 saturated carbocycles. The molecule has 0 aliphatic rings. The highest BCUT2D eigenvalue weighted by molar-refractivity contribution is 7.90. The van der Waals surface area contributed by atoms with Crippen LogP contribution in [0.15, 0.2) is 41.4 Å². The second-order valence-corrected chi connectivity index (χ2v) is 6.50. The van der Waals surface area contributed by atoms with Crippen LogP contribution in [0, 0.1) is 6.92 Å². The Morgan fingerprint density at radius 2 is 2.05 bits per heavy atom. The summed E-state index contributed by atoms with van der Waals surface area (Å²) < 4.78 is 28.8. The first-order chi connectivity index (χ1) is 9.40. The van der Waals surface area contributed by atoms with E-state index in [1.165, 1.54) is 12.1 Å². The molecule has 0 aliphatic heterocycles. The molecule has 0 spiro atoms. The Kier molecular flexibility index (Phi) is 4.06. The van der Waals surface area contributed by atoms with Gasteiger partial charge in [-0.05, 0) is 25.1 Å². The summed E-state index contributed by atoms with van der Waals surface area (Å²) in [5, 5.41) is 0. The number of hydrogen-bond acceptors (Lipinski definition) is 5. The molecule has 0 saturated heterocycles. The molecule has 0 atom stereocenters. The van der Waals surface area contributed by atoms with Crippen LogP contribution < -0.4 is 10.5 Å². The number of nitrogens with two attached hydrogens (primary N) is 1. The predicted molar refractivity (Wildman–Crippen MR) is 76.5 cm³/mol. The fourth-order valence-electron chi connectivity index (χ4n) is 1.71. The normalized spacial score (nSPS) is 11.3. The molecule has 0 aliphatic carbocycles. The van der Waals surface area contributed by atoms with Crippen molar-refractivity contribution in [1.82, 2.24) is 4.98 Å². The zero-order valence-corrected chi connectivity index (χ0v) is 12.1. The third-order valence-corrected chi connectivity index (χ3v) is 3.87. The van der Waals surface area contributed by atoms with Gasteiger partial charge in [-0.25, -0.2) is 8.42 Å². The summed E-state index contributed by atoms with van der Waals surface area (Å²) in [6.07, 6.45) is 2.82. The third kappa shape index (κ3) is 3.34. The average molecular weight is 292 g/mol. The Morgan fingerprint density at radius 1 is 1.30 bits per heavy atom. The summed E-state index contributed by atoms with van der Waals surface area (Å²) in [5.74, 6) is 1.04. The summed E-state index contributed by atoms with van der Waals surface area (Å²) in [5.41, 5.74) is 7.20. The Hall–Kier alpha value is -1.92. The van der Waals surface area contributed by atoms with E-state index in [0.717, 1.165) is 17.5 Å². The minimum atomic E-state index is -3.26. The molecule has 0 fully saturated rings. The SMILES string of the molecule is Cc1cc(Oc2cccc(S(C)(=O)=O)c2)c(CN)cn1. The van der Waals surface area contributed by atoms with Gasteiger partial charge in [-0.2, -0.15) is 0 Å². The van der Waals surface area contributed by atoms with Gasteiger partial charge in [0, 0.05) is 36.3 Å². The highest BCUT2D eigenvalue weighted by Gasteiger charge is 2.10. The molecule has 5 nitrogen and oxygen atoms in total. The van der Waals surface area contributed by atoms with Gasteiger partial charge in [0.2, 0.25) is 0 Å². The molecule has 0 radical (unpaired) electrons. The van der Waals surface area contributed by atoms with Crippen LogP contribution in [0.5, 0.6) is 11.5 Å². The molecule has 1 aromatic heterocycles. The molecule has 2 rings (SSSR count). The zero-order valence-electron chi connectivity index (χ0n) is 11.3. The minimum Gasteiger partial charge on any atom is -0.457 e. The monoisotopic (exact) mass is 292 g/mol. The topological polar surface area (TPSA) is 82.3 Å². The van der Waals surface area contributed by atoms with Crippen molar-refractivity contribution in [2.24, 2.45) is 5.73 Å². The maximum absolute atomic E-state index is 11.5. The van der Waals surface area contributed by atoms with E-state index in [1.807, 2.05) is 6.92 Å². The number of nitrogens with zero attached hydrogens (tertiary/aromatic N) is 1. The van der Waals surface area contributed by atoms with Crippen LogP contribution in [0.4, 0.5) is 0 Å². The molecule has 0 amide bonds. The second-order valence-electron chi connectivity index (χ2n) is 4.49. The second kappa shape index (κ2) is 5.60. The number of aryl methyl sites for hydroxylation is 1. The quantitative estimate of drug-likeness (QED) is 0.932. The Bertz CT molecular complexity index is 727. The first kappa shape index (κ1) is 14.5. The van der Waals surface area contributed by atoms with Crippen LogP contribution >= 0.6 is 0 Å². The van der Waals surface area contributed by atoms with Crippen molar-refractivity contribution in [3.05, 3.63) is 47.8 Å². The molecule has 106 valence electrons. The van der Waals surface area contributed by atoms with E-state index in [4.69, 9.17) is 10.5 Å². The van der Waals surface area contributed by atoms with Gasteiger partial charge in [0.25, 0.3) is 0 Å². The van der Waals surface area contributed by atoms with Gasteiger partial charge >= 0.3 is 0 Å². The molecule has 2 N–H and O–H groups in total. The van der Waals surface area contributed by atoms with Crippen LogP contribution in [-0.2, 0) is 16.4 Å². The van der Waals surface area contributed by atoms with Gasteiger partial charge in [0.05, 0.1) is 4.90 Å². The van der Waals surface area contributed by atoms with Crippen molar-refractivity contribution < 1.29 is 13.2 Å². The lowest BCUT2D eigenvalue weighted by molar-refractivity contribution is 0.473. The van der Waals surface area contributed by atoms with Crippen LogP contribution in [0.3, 0.4) is 0 Å². The summed E-state index contributed by atoms with van der Waals surface area (Å²) in [6, 6.07) is 8.14. The van der Waals surface area contributed by atoms with Gasteiger partial charge in [0.15, 0.2) is 9.84 Å². The highest BCUT2D eigenvalue weighted by Crippen LogP contribution is 2.27. The average Bonchev–Trinajstić information content (AvgIpc) is 2.38. The molecule has 1 aromatic carbocycles. The van der Waals surface area contributed by atoms with E-state index >= 15 is 0 Å². The van der Waals surface area contributed by atoms with Gasteiger partial charge < -0.3 is 10.5 Å². The first-order valence-electron chi connectivity index (χ1n) is 6.03. The van der Waals surface area contributed by atoms with Crippen molar-refractivity contribution in [3.63, 3.8) is 0 Å². The van der Waals surface area contributed by atoms with Crippen LogP contribution in [0.2, 0.25) is 0 Å². The van der Waals surface area contributed by atoms with Crippen molar-refractivity contribution >= 4 is 9.84 Å². The minimum absolute atomic E-state index is 0.218. The lowest BCUT2D eigenvalue weighted by atomic mass is 10.2.